The van der Waals surface area contributed by atoms with Gasteiger partial charge >= 0.3 is 11.8 Å². The molecule has 1 aromatic rings. The highest BCUT2D eigenvalue weighted by atomic mass is 31.1. The second kappa shape index (κ2) is 38.7. The van der Waals surface area contributed by atoms with Crippen molar-refractivity contribution >= 4 is 19.4 Å². The van der Waals surface area contributed by atoms with Gasteiger partial charge in [0.2, 0.25) is 12.0 Å². The summed E-state index contributed by atoms with van der Waals surface area (Å²) in [7, 11) is -3.76. The predicted octanol–water partition coefficient (Wildman–Crippen LogP) is 21.8. The summed E-state index contributed by atoms with van der Waals surface area (Å²) < 4.78 is 141. The Morgan fingerprint density at radius 2 is 0.881 bits per heavy atom. The smallest absolute Gasteiger partial charge is 0.236 e. The van der Waals surface area contributed by atoms with Gasteiger partial charge in [-0.2, -0.15) is 51.6 Å². The van der Waals surface area contributed by atoms with Gasteiger partial charge in [0.15, 0.2) is 22.8 Å². The molecule has 1 aromatic carbocycles. The minimum absolute atomic E-state index is 0.0641. The van der Waals surface area contributed by atoms with Crippen LogP contribution >= 0.6 is 7.92 Å². The van der Waals surface area contributed by atoms with Crippen molar-refractivity contribution in [3.63, 3.8) is 0 Å². The van der Waals surface area contributed by atoms with Crippen LogP contribution in [0.15, 0.2) is 0 Å². The Balaban J connectivity index is 0.00000135. The average molecular weight is 993 g/mol. The van der Waals surface area contributed by atoms with Crippen molar-refractivity contribution in [3.8, 4) is 0 Å². The van der Waals surface area contributed by atoms with Crippen LogP contribution in [0.4, 0.5) is 43.9 Å². The Bertz CT molecular complexity index is 1250. The number of unbranched alkanes of at least 4 members (excludes halogenated alkanes) is 19. The lowest BCUT2D eigenvalue weighted by atomic mass is 9.17. The summed E-state index contributed by atoms with van der Waals surface area (Å²) in [6.07, 6.45) is 29.9. The molecule has 0 bridgehead atoms. The van der Waals surface area contributed by atoms with Gasteiger partial charge in [-0.05, 0) is 38.0 Å². The molecule has 0 amide bonds. The number of rotatable bonds is 41. The fourth-order valence-electron chi connectivity index (χ4n) is 10.3. The number of hydrogen-bond acceptors (Lipinski definition) is 0. The Hall–Kier alpha value is -0.985. The zero-order valence-corrected chi connectivity index (χ0v) is 45.0. The highest BCUT2D eigenvalue weighted by Gasteiger charge is 2.58. The van der Waals surface area contributed by atoms with Crippen LogP contribution < -0.4 is 5.30 Å². The Morgan fingerprint density at radius 3 is 1.28 bits per heavy atom. The van der Waals surface area contributed by atoms with E-state index in [1.165, 1.54) is 128 Å². The van der Waals surface area contributed by atoms with E-state index in [1.807, 2.05) is 13.8 Å². The Labute approximate surface area is 406 Å². The van der Waals surface area contributed by atoms with E-state index in [9.17, 15) is 35.1 Å². The van der Waals surface area contributed by atoms with Crippen molar-refractivity contribution in [2.45, 2.75) is 298 Å². The summed E-state index contributed by atoms with van der Waals surface area (Å²) in [5.41, 5.74) is -5.17. The first kappa shape index (κ1) is 66.0. The molecule has 0 aliphatic rings. The molecule has 0 spiro atoms. The summed E-state index contributed by atoms with van der Waals surface area (Å²) in [6, 6.07) is 0. The van der Waals surface area contributed by atoms with Gasteiger partial charge in [-0.25, -0.2) is 17.6 Å². The normalized spacial score (nSPS) is 14.2. The lowest BCUT2D eigenvalue weighted by molar-refractivity contribution is -0.135. The third-order valence-electron chi connectivity index (χ3n) is 14.8. The minimum Gasteiger partial charge on any atom is -0.236 e. The van der Waals surface area contributed by atoms with Crippen LogP contribution in [0.2, 0.25) is 25.3 Å². The van der Waals surface area contributed by atoms with Crippen LogP contribution in [0.25, 0.3) is 0 Å². The molecule has 0 heterocycles. The molecule has 0 saturated carbocycles. The molecule has 1 rings (SSSR count). The second-order valence-corrected chi connectivity index (χ2v) is 23.4. The molecule has 0 fully saturated rings. The average Bonchev–Trinajstić information content (AvgIpc) is 3.29. The van der Waals surface area contributed by atoms with Gasteiger partial charge in [-0.1, -0.05) is 222 Å². The monoisotopic (exact) mass is 993 g/mol. The van der Waals surface area contributed by atoms with Crippen molar-refractivity contribution < 1.29 is 43.9 Å². The molecular formula is C55H100BF10P. The van der Waals surface area contributed by atoms with E-state index in [-0.39, 0.29) is 31.8 Å². The van der Waals surface area contributed by atoms with Gasteiger partial charge in [-0.15, -0.1) is 0 Å². The minimum atomic E-state index is -4.34. The van der Waals surface area contributed by atoms with Gasteiger partial charge in [0.05, 0.1) is 6.16 Å². The third kappa shape index (κ3) is 28.6. The van der Waals surface area contributed by atoms with Gasteiger partial charge < -0.3 is 0 Å². The van der Waals surface area contributed by atoms with E-state index in [0.29, 0.717) is 18.8 Å². The molecule has 4 unspecified atom stereocenters. The maximum absolute atomic E-state index is 15.5. The quantitative estimate of drug-likeness (QED) is 0.0153. The van der Waals surface area contributed by atoms with E-state index in [1.54, 1.807) is 32.2 Å². The van der Waals surface area contributed by atoms with E-state index in [4.69, 9.17) is 0 Å². The molecule has 0 saturated heterocycles. The van der Waals surface area contributed by atoms with E-state index < -0.39 is 85.0 Å². The molecule has 12 heteroatoms. The summed E-state index contributed by atoms with van der Waals surface area (Å²) in [5.74, 6) is -7.71. The van der Waals surface area contributed by atoms with Gasteiger partial charge in [0.1, 0.15) is 7.92 Å². The highest BCUT2D eigenvalue weighted by molar-refractivity contribution is 7.66. The van der Waals surface area contributed by atoms with Crippen LogP contribution in [0.5, 0.6) is 0 Å². The van der Waals surface area contributed by atoms with Crippen molar-refractivity contribution in [3.05, 3.63) is 28.8 Å². The molecule has 0 aliphatic carbocycles. The number of halogens is 10. The predicted molar refractivity (Wildman–Crippen MR) is 275 cm³/mol. The topological polar surface area (TPSA) is 0 Å². The zero-order chi connectivity index (χ0) is 50.7. The SMILES string of the molecule is CCCC(CC)CCC(C)C[PH+](c1c(F)c(C)c(F)c(F)c1F)C(F)(F)C(F)CCCCCCC(F)(F)F.CCCCCCC[B-](CCCCCCC)(CCCCCCC)CCCCCCC. The summed E-state index contributed by atoms with van der Waals surface area (Å²) >= 11 is 0. The van der Waals surface area contributed by atoms with Crippen molar-refractivity contribution in [1.29, 1.82) is 0 Å². The maximum atomic E-state index is 15.5. The van der Waals surface area contributed by atoms with Gasteiger partial charge in [0.25, 0.3) is 0 Å². The van der Waals surface area contributed by atoms with Crippen LogP contribution in [-0.4, -0.2) is 30.3 Å². The van der Waals surface area contributed by atoms with Crippen LogP contribution in [0.1, 0.15) is 253 Å². The van der Waals surface area contributed by atoms with Gasteiger partial charge in [-0.3, -0.25) is 0 Å². The molecule has 0 radical (unpaired) electrons. The number of alkyl halides is 6. The fourth-order valence-corrected chi connectivity index (χ4v) is 13.4. The third-order valence-corrected chi connectivity index (χ3v) is 18.1. The summed E-state index contributed by atoms with van der Waals surface area (Å²) in [4.78, 5) is 0. The first-order valence-corrected chi connectivity index (χ1v) is 29.5. The molecule has 0 N–H and O–H groups in total. The first-order valence-electron chi connectivity index (χ1n) is 27.8. The standard InChI is InChI=1S/C28H60B.C27H39F10P/c1-5-9-13-17-21-25-29(26-22-18-14-10-6-2,27-23-19-15-11-7-3)28-24-20-16-12-8-4;1-5-11-19(6-2)14-13-17(3)16-38(25-22(30)18(4)21(29)23(31)24(25)32)27(36,37)20(28)12-9-7-8-10-15-26(33,34)35/h5-28H2,1-4H3;17,19-20H,5-16H2,1-4H3/q-1;/p+1. The molecule has 398 valence electrons. The van der Waals surface area contributed by atoms with E-state index in [0.717, 1.165) is 26.2 Å². The van der Waals surface area contributed by atoms with Crippen LogP contribution in [0.3, 0.4) is 0 Å². The molecule has 4 atom stereocenters. The summed E-state index contributed by atoms with van der Waals surface area (Å²) in [5, 5.41) is -1.27. The molecule has 67 heavy (non-hydrogen) atoms. The molecule has 0 aliphatic heterocycles. The lowest BCUT2D eigenvalue weighted by Gasteiger charge is -2.41. The number of hydrogen-bond donors (Lipinski definition) is 0. The van der Waals surface area contributed by atoms with E-state index in [2.05, 4.69) is 27.7 Å². The van der Waals surface area contributed by atoms with Crippen LogP contribution in [-0.2, 0) is 0 Å². The highest BCUT2D eigenvalue weighted by Crippen LogP contribution is 2.57. The Kier molecular flexibility index (Phi) is 38.1. The number of benzene rings is 1. The lowest BCUT2D eigenvalue weighted by Crippen LogP contribution is -2.36. The largest absolute Gasteiger partial charge is 0.389 e. The molecule has 0 aromatic heterocycles. The van der Waals surface area contributed by atoms with Crippen molar-refractivity contribution in [2.24, 2.45) is 11.8 Å². The molecule has 0 nitrogen and oxygen atoms in total. The summed E-state index contributed by atoms with van der Waals surface area (Å²) in [6.45, 7) is 15.8. The first-order chi connectivity index (χ1) is 31.8. The Morgan fingerprint density at radius 1 is 0.463 bits per heavy atom. The second-order valence-electron chi connectivity index (χ2n) is 20.9. The molecular weight excluding hydrogens is 892 g/mol. The van der Waals surface area contributed by atoms with Crippen molar-refractivity contribution in [1.82, 2.24) is 0 Å². The van der Waals surface area contributed by atoms with Crippen LogP contribution in [0, 0.1) is 42.0 Å². The maximum Gasteiger partial charge on any atom is 0.389 e. The van der Waals surface area contributed by atoms with Gasteiger partial charge in [0, 0.05) is 18.1 Å². The van der Waals surface area contributed by atoms with E-state index >= 15 is 8.78 Å². The fraction of sp³-hybridized carbons (Fsp3) is 0.891. The zero-order valence-electron chi connectivity index (χ0n) is 44.0. The van der Waals surface area contributed by atoms with Crippen molar-refractivity contribution in [2.75, 3.05) is 6.16 Å².